The Bertz CT molecular complexity index is 510. The molecule has 2 aromatic heterocycles. The number of thiocarbonyl (C=S) groups is 1. The Kier molecular flexibility index (Phi) is 4.09. The molecule has 0 spiro atoms. The maximum Gasteiger partial charge on any atom is 0.135 e. The summed E-state index contributed by atoms with van der Waals surface area (Å²) >= 11 is 4.95. The van der Waals surface area contributed by atoms with E-state index < -0.39 is 0 Å². The van der Waals surface area contributed by atoms with E-state index in [1.165, 1.54) is 0 Å². The van der Waals surface area contributed by atoms with Crippen molar-refractivity contribution < 1.29 is 0 Å². The third-order valence-electron chi connectivity index (χ3n) is 2.14. The van der Waals surface area contributed by atoms with Gasteiger partial charge in [0, 0.05) is 12.4 Å². The molecule has 18 heavy (non-hydrogen) atoms. The first-order valence-corrected chi connectivity index (χ1v) is 5.85. The van der Waals surface area contributed by atoms with Crippen LogP contribution in [-0.2, 0) is 0 Å². The second-order valence-electron chi connectivity index (χ2n) is 3.56. The lowest BCUT2D eigenvalue weighted by Crippen LogP contribution is -2.17. The largest absolute Gasteiger partial charge is 0.271 e. The predicted molar refractivity (Wildman–Crippen MR) is 75.5 cm³/mol. The molecule has 0 saturated heterocycles. The van der Waals surface area contributed by atoms with Gasteiger partial charge in [-0.15, -0.1) is 0 Å². The van der Waals surface area contributed by atoms with Gasteiger partial charge < -0.3 is 0 Å². The van der Waals surface area contributed by atoms with Crippen molar-refractivity contribution in [2.45, 2.75) is 6.92 Å². The highest BCUT2D eigenvalue weighted by Gasteiger charge is 2.09. The van der Waals surface area contributed by atoms with E-state index in [0.29, 0.717) is 10.7 Å². The van der Waals surface area contributed by atoms with Crippen LogP contribution >= 0.6 is 12.2 Å². The SMILES string of the molecule is CC(=S)NN=C(c1ccccn1)c1ccccn1. The van der Waals surface area contributed by atoms with Crippen LogP contribution in [-0.4, -0.2) is 20.7 Å². The molecule has 90 valence electrons. The molecule has 0 amide bonds. The van der Waals surface area contributed by atoms with E-state index in [1.54, 1.807) is 19.3 Å². The predicted octanol–water partition coefficient (Wildman–Crippen LogP) is 2.17. The third kappa shape index (κ3) is 3.18. The van der Waals surface area contributed by atoms with Gasteiger partial charge in [-0.05, 0) is 31.2 Å². The second kappa shape index (κ2) is 5.97. The van der Waals surface area contributed by atoms with E-state index >= 15 is 0 Å². The zero-order chi connectivity index (χ0) is 12.8. The topological polar surface area (TPSA) is 50.2 Å². The monoisotopic (exact) mass is 256 g/mol. The molecule has 0 aromatic carbocycles. The highest BCUT2D eigenvalue weighted by molar-refractivity contribution is 7.80. The summed E-state index contributed by atoms with van der Waals surface area (Å²) < 4.78 is 0. The first-order chi connectivity index (χ1) is 8.77. The van der Waals surface area contributed by atoms with Crippen molar-refractivity contribution in [2.24, 2.45) is 5.10 Å². The summed E-state index contributed by atoms with van der Waals surface area (Å²) in [5.41, 5.74) is 4.95. The Hall–Kier alpha value is -2.14. The zero-order valence-electron chi connectivity index (χ0n) is 9.87. The molecule has 0 atom stereocenters. The molecule has 0 unspecified atom stereocenters. The number of hydrogen-bond acceptors (Lipinski definition) is 4. The van der Waals surface area contributed by atoms with Crippen LogP contribution < -0.4 is 5.43 Å². The van der Waals surface area contributed by atoms with Crippen LogP contribution in [0.3, 0.4) is 0 Å². The average molecular weight is 256 g/mol. The second-order valence-corrected chi connectivity index (χ2v) is 4.17. The molecule has 0 fully saturated rings. The van der Waals surface area contributed by atoms with Gasteiger partial charge in [-0.3, -0.25) is 15.4 Å². The van der Waals surface area contributed by atoms with Crippen LogP contribution in [0.25, 0.3) is 0 Å². The maximum absolute atomic E-state index is 4.95. The van der Waals surface area contributed by atoms with Gasteiger partial charge >= 0.3 is 0 Å². The number of pyridine rings is 2. The van der Waals surface area contributed by atoms with Crippen LogP contribution in [0.5, 0.6) is 0 Å². The average Bonchev–Trinajstić information content (AvgIpc) is 2.41. The molecule has 0 radical (unpaired) electrons. The molecule has 1 N–H and O–H groups in total. The Labute approximate surface area is 111 Å². The summed E-state index contributed by atoms with van der Waals surface area (Å²) in [5, 5.41) is 4.26. The molecule has 0 aliphatic rings. The molecule has 0 bridgehead atoms. The van der Waals surface area contributed by atoms with Crippen LogP contribution in [0.15, 0.2) is 53.9 Å². The summed E-state index contributed by atoms with van der Waals surface area (Å²) in [5.74, 6) is 0. The van der Waals surface area contributed by atoms with Crippen molar-refractivity contribution in [3.05, 3.63) is 60.2 Å². The Balaban J connectivity index is 2.42. The fourth-order valence-corrected chi connectivity index (χ4v) is 1.43. The van der Waals surface area contributed by atoms with E-state index in [-0.39, 0.29) is 0 Å². The smallest absolute Gasteiger partial charge is 0.135 e. The van der Waals surface area contributed by atoms with E-state index in [2.05, 4.69) is 20.5 Å². The van der Waals surface area contributed by atoms with Gasteiger partial charge in [-0.1, -0.05) is 24.4 Å². The van der Waals surface area contributed by atoms with Gasteiger partial charge in [0.25, 0.3) is 0 Å². The lowest BCUT2D eigenvalue weighted by molar-refractivity contribution is 1.03. The van der Waals surface area contributed by atoms with E-state index in [4.69, 9.17) is 12.2 Å². The van der Waals surface area contributed by atoms with Gasteiger partial charge in [0.2, 0.25) is 0 Å². The molecule has 4 nitrogen and oxygen atoms in total. The van der Waals surface area contributed by atoms with Crippen LogP contribution in [0, 0.1) is 0 Å². The summed E-state index contributed by atoms with van der Waals surface area (Å²) in [6.45, 7) is 1.77. The Morgan fingerprint density at radius 3 is 2.00 bits per heavy atom. The van der Waals surface area contributed by atoms with Crippen molar-refractivity contribution in [1.29, 1.82) is 0 Å². The molecular formula is C13H12N4S. The Morgan fingerprint density at radius 2 is 1.61 bits per heavy atom. The molecule has 2 heterocycles. The van der Waals surface area contributed by atoms with Crippen molar-refractivity contribution in [2.75, 3.05) is 0 Å². The third-order valence-corrected chi connectivity index (χ3v) is 2.23. The number of hydrogen-bond donors (Lipinski definition) is 1. The van der Waals surface area contributed by atoms with Gasteiger partial charge in [0.15, 0.2) is 0 Å². The number of hydrazone groups is 1. The quantitative estimate of drug-likeness (QED) is 0.519. The lowest BCUT2D eigenvalue weighted by Gasteiger charge is -2.05. The summed E-state index contributed by atoms with van der Waals surface area (Å²) in [4.78, 5) is 9.16. The molecule has 2 rings (SSSR count). The van der Waals surface area contributed by atoms with E-state index in [1.807, 2.05) is 36.4 Å². The summed E-state index contributed by atoms with van der Waals surface area (Å²) in [6.07, 6.45) is 3.44. The zero-order valence-corrected chi connectivity index (χ0v) is 10.7. The van der Waals surface area contributed by atoms with Gasteiger partial charge in [-0.2, -0.15) is 5.10 Å². The summed E-state index contributed by atoms with van der Waals surface area (Å²) in [7, 11) is 0. The van der Waals surface area contributed by atoms with Crippen molar-refractivity contribution in [3.63, 3.8) is 0 Å². The number of aromatic nitrogens is 2. The van der Waals surface area contributed by atoms with Crippen molar-refractivity contribution in [1.82, 2.24) is 15.4 Å². The first-order valence-electron chi connectivity index (χ1n) is 5.44. The maximum atomic E-state index is 4.95. The fraction of sp³-hybridized carbons (Fsp3) is 0.0769. The van der Waals surface area contributed by atoms with Crippen LogP contribution in [0.1, 0.15) is 18.3 Å². The highest BCUT2D eigenvalue weighted by Crippen LogP contribution is 2.05. The van der Waals surface area contributed by atoms with Gasteiger partial charge in [-0.25, -0.2) is 0 Å². The van der Waals surface area contributed by atoms with E-state index in [0.717, 1.165) is 11.4 Å². The standard InChI is InChI=1S/C13H12N4S/c1-10(18)16-17-13(11-6-2-4-8-14-11)12-7-3-5-9-15-12/h2-9H,1H3,(H,16,18). The van der Waals surface area contributed by atoms with Crippen LogP contribution in [0.2, 0.25) is 0 Å². The fourth-order valence-electron chi connectivity index (χ4n) is 1.39. The van der Waals surface area contributed by atoms with Gasteiger partial charge in [0.05, 0.1) is 16.4 Å². The number of nitrogens with zero attached hydrogens (tertiary/aromatic N) is 3. The molecular weight excluding hydrogens is 244 g/mol. The number of rotatable bonds is 3. The molecule has 5 heteroatoms. The first kappa shape index (κ1) is 12.3. The van der Waals surface area contributed by atoms with Crippen molar-refractivity contribution in [3.8, 4) is 0 Å². The normalized spacial score (nSPS) is 9.61. The highest BCUT2D eigenvalue weighted by atomic mass is 32.1. The minimum absolute atomic E-state index is 0.597. The van der Waals surface area contributed by atoms with Gasteiger partial charge in [0.1, 0.15) is 5.71 Å². The number of nitrogens with one attached hydrogen (secondary N) is 1. The lowest BCUT2D eigenvalue weighted by atomic mass is 10.1. The molecule has 0 saturated carbocycles. The molecule has 0 aliphatic carbocycles. The van der Waals surface area contributed by atoms with Crippen molar-refractivity contribution >= 4 is 22.9 Å². The van der Waals surface area contributed by atoms with E-state index in [9.17, 15) is 0 Å². The summed E-state index contributed by atoms with van der Waals surface area (Å²) in [6, 6.07) is 11.3. The minimum Gasteiger partial charge on any atom is -0.271 e. The molecule has 2 aromatic rings. The minimum atomic E-state index is 0.597. The molecule has 0 aliphatic heterocycles. The Morgan fingerprint density at radius 1 is 1.06 bits per heavy atom. The van der Waals surface area contributed by atoms with Crippen LogP contribution in [0.4, 0.5) is 0 Å².